The van der Waals surface area contributed by atoms with Crippen LogP contribution in [-0.2, 0) is 25.0 Å². The van der Waals surface area contributed by atoms with Crippen molar-refractivity contribution in [3.63, 3.8) is 0 Å². The minimum absolute atomic E-state index is 0.0269. The van der Waals surface area contributed by atoms with Crippen molar-refractivity contribution in [2.45, 2.75) is 9.79 Å². The minimum Gasteiger partial charge on any atom is -0.399 e. The second-order valence-corrected chi connectivity index (χ2v) is 7.46. The SMILES string of the molecule is Nc1ccc(-c2ccc(NC=O)cc2S(=O)(=O)O)c(S(=O)(=O)O)c1. The average Bonchev–Trinajstić information content (AvgIpc) is 2.46. The van der Waals surface area contributed by atoms with Crippen molar-refractivity contribution >= 4 is 38.0 Å². The van der Waals surface area contributed by atoms with E-state index in [1.807, 2.05) is 0 Å². The van der Waals surface area contributed by atoms with Crippen LogP contribution in [-0.4, -0.2) is 32.4 Å². The van der Waals surface area contributed by atoms with E-state index in [4.69, 9.17) is 5.73 Å². The van der Waals surface area contributed by atoms with Gasteiger partial charge in [0.25, 0.3) is 20.2 Å². The third-order valence-electron chi connectivity index (χ3n) is 3.06. The van der Waals surface area contributed by atoms with Gasteiger partial charge in [-0.1, -0.05) is 12.1 Å². The zero-order valence-corrected chi connectivity index (χ0v) is 13.5. The monoisotopic (exact) mass is 372 g/mol. The summed E-state index contributed by atoms with van der Waals surface area (Å²) in [6.07, 6.45) is 0.301. The molecule has 24 heavy (non-hydrogen) atoms. The van der Waals surface area contributed by atoms with Gasteiger partial charge in [0, 0.05) is 22.5 Å². The summed E-state index contributed by atoms with van der Waals surface area (Å²) in [6, 6.07) is 6.86. The summed E-state index contributed by atoms with van der Waals surface area (Å²) in [4.78, 5) is 9.19. The number of carbonyl (C=O) groups is 1. The molecule has 0 bridgehead atoms. The number of hydrogen-bond donors (Lipinski definition) is 4. The summed E-state index contributed by atoms with van der Waals surface area (Å²) in [5, 5.41) is 2.21. The zero-order chi connectivity index (χ0) is 18.1. The molecule has 0 aliphatic heterocycles. The van der Waals surface area contributed by atoms with Gasteiger partial charge in [0.1, 0.15) is 9.79 Å². The fourth-order valence-corrected chi connectivity index (χ4v) is 3.56. The van der Waals surface area contributed by atoms with E-state index in [9.17, 15) is 30.7 Å². The van der Waals surface area contributed by atoms with Crippen LogP contribution in [0.3, 0.4) is 0 Å². The van der Waals surface area contributed by atoms with Crippen molar-refractivity contribution in [3.8, 4) is 11.1 Å². The fraction of sp³-hybridized carbons (Fsp3) is 0. The van der Waals surface area contributed by atoms with E-state index >= 15 is 0 Å². The van der Waals surface area contributed by atoms with Crippen LogP contribution in [0.4, 0.5) is 11.4 Å². The Morgan fingerprint density at radius 2 is 1.38 bits per heavy atom. The predicted molar refractivity (Wildman–Crippen MR) is 85.6 cm³/mol. The maximum Gasteiger partial charge on any atom is 0.295 e. The Labute approximate surface area is 137 Å². The van der Waals surface area contributed by atoms with E-state index in [-0.39, 0.29) is 22.5 Å². The number of rotatable bonds is 5. The highest BCUT2D eigenvalue weighted by Gasteiger charge is 2.23. The van der Waals surface area contributed by atoms with Gasteiger partial charge in [0.05, 0.1) is 0 Å². The molecular weight excluding hydrogens is 360 g/mol. The molecule has 0 atom stereocenters. The van der Waals surface area contributed by atoms with E-state index in [1.165, 1.54) is 24.3 Å². The third kappa shape index (κ3) is 3.71. The first kappa shape index (κ1) is 17.9. The van der Waals surface area contributed by atoms with Crippen molar-refractivity contribution in [1.82, 2.24) is 0 Å². The molecular formula is C13H12N2O7S2. The number of nitrogens with one attached hydrogen (secondary N) is 1. The molecule has 0 unspecified atom stereocenters. The average molecular weight is 372 g/mol. The molecule has 0 saturated carbocycles. The van der Waals surface area contributed by atoms with E-state index in [1.54, 1.807) is 0 Å². The van der Waals surface area contributed by atoms with Crippen LogP contribution >= 0.6 is 0 Å². The largest absolute Gasteiger partial charge is 0.399 e. The number of anilines is 2. The Kier molecular flexibility index (Phi) is 4.62. The maximum atomic E-state index is 11.6. The molecule has 0 heterocycles. The number of carbonyl (C=O) groups excluding carboxylic acids is 1. The lowest BCUT2D eigenvalue weighted by Crippen LogP contribution is -2.06. The standard InChI is InChI=1S/C13H12N2O7S2/c14-8-1-3-10(12(5-8)23(17,18)19)11-4-2-9(15-7-16)6-13(11)24(20,21)22/h1-7H,14H2,(H,15,16)(H,17,18,19)(H,20,21,22). The number of amides is 1. The highest BCUT2D eigenvalue weighted by atomic mass is 32.2. The Hall–Kier alpha value is -2.47. The van der Waals surface area contributed by atoms with Gasteiger partial charge < -0.3 is 11.1 Å². The molecule has 2 rings (SSSR count). The van der Waals surface area contributed by atoms with Gasteiger partial charge in [-0.2, -0.15) is 16.8 Å². The van der Waals surface area contributed by atoms with Gasteiger partial charge in [0.15, 0.2) is 0 Å². The van der Waals surface area contributed by atoms with E-state index < -0.39 is 30.0 Å². The Morgan fingerprint density at radius 3 is 1.88 bits per heavy atom. The minimum atomic E-state index is -4.76. The van der Waals surface area contributed by atoms with Gasteiger partial charge in [0.2, 0.25) is 6.41 Å². The molecule has 1 amide bonds. The van der Waals surface area contributed by atoms with Crippen LogP contribution in [0.5, 0.6) is 0 Å². The van der Waals surface area contributed by atoms with E-state index in [2.05, 4.69) is 5.32 Å². The zero-order valence-electron chi connectivity index (χ0n) is 11.9. The Morgan fingerprint density at radius 1 is 0.875 bits per heavy atom. The first-order chi connectivity index (χ1) is 11.0. The highest BCUT2D eigenvalue weighted by molar-refractivity contribution is 7.86. The summed E-state index contributed by atoms with van der Waals surface area (Å²) in [7, 11) is -9.47. The first-order valence-corrected chi connectivity index (χ1v) is 9.11. The second kappa shape index (κ2) is 6.20. The third-order valence-corrected chi connectivity index (χ3v) is 4.85. The summed E-state index contributed by atoms with van der Waals surface area (Å²) in [6.45, 7) is 0. The first-order valence-electron chi connectivity index (χ1n) is 6.23. The van der Waals surface area contributed by atoms with E-state index in [0.29, 0.717) is 6.41 Å². The molecule has 11 heteroatoms. The van der Waals surface area contributed by atoms with Gasteiger partial charge in [-0.05, 0) is 24.3 Å². The number of hydrogen-bond acceptors (Lipinski definition) is 6. The summed E-state index contributed by atoms with van der Waals surface area (Å²) in [5.41, 5.74) is 5.21. The lowest BCUT2D eigenvalue weighted by Gasteiger charge is -2.13. The Balaban J connectivity index is 2.86. The molecule has 5 N–H and O–H groups in total. The van der Waals surface area contributed by atoms with Crippen LogP contribution in [0, 0.1) is 0 Å². The van der Waals surface area contributed by atoms with Gasteiger partial charge in [-0.25, -0.2) is 0 Å². The van der Waals surface area contributed by atoms with Gasteiger partial charge in [-0.15, -0.1) is 0 Å². The van der Waals surface area contributed by atoms with Crippen molar-refractivity contribution in [2.24, 2.45) is 0 Å². The smallest absolute Gasteiger partial charge is 0.295 e. The lowest BCUT2D eigenvalue weighted by molar-refractivity contribution is -0.105. The Bertz CT molecular complexity index is 1010. The maximum absolute atomic E-state index is 11.6. The molecule has 0 radical (unpaired) electrons. The van der Waals surface area contributed by atoms with Crippen LogP contribution in [0.1, 0.15) is 0 Å². The van der Waals surface area contributed by atoms with Crippen LogP contribution < -0.4 is 11.1 Å². The topological polar surface area (TPSA) is 164 Å². The number of nitrogens with two attached hydrogens (primary N) is 1. The van der Waals surface area contributed by atoms with Crippen molar-refractivity contribution < 1.29 is 30.7 Å². The molecule has 0 spiro atoms. The fourth-order valence-electron chi connectivity index (χ4n) is 2.09. The van der Waals surface area contributed by atoms with Gasteiger partial charge in [-0.3, -0.25) is 13.9 Å². The van der Waals surface area contributed by atoms with Crippen molar-refractivity contribution in [3.05, 3.63) is 36.4 Å². The number of benzene rings is 2. The highest BCUT2D eigenvalue weighted by Crippen LogP contribution is 2.35. The van der Waals surface area contributed by atoms with Crippen molar-refractivity contribution in [1.29, 1.82) is 0 Å². The number of nitrogen functional groups attached to an aromatic ring is 1. The summed E-state index contributed by atoms with van der Waals surface area (Å²) < 4.78 is 65.0. The summed E-state index contributed by atoms with van der Waals surface area (Å²) in [5.74, 6) is 0. The molecule has 2 aromatic carbocycles. The molecule has 128 valence electrons. The molecule has 2 aromatic rings. The molecule has 0 aromatic heterocycles. The molecule has 0 fully saturated rings. The molecule has 0 aliphatic carbocycles. The second-order valence-electron chi connectivity index (χ2n) is 4.68. The molecule has 9 nitrogen and oxygen atoms in total. The van der Waals surface area contributed by atoms with Crippen LogP contribution in [0.2, 0.25) is 0 Å². The quantitative estimate of drug-likeness (QED) is 0.343. The van der Waals surface area contributed by atoms with Crippen LogP contribution in [0.15, 0.2) is 46.2 Å². The predicted octanol–water partition coefficient (Wildman–Crippen LogP) is 0.997. The van der Waals surface area contributed by atoms with Gasteiger partial charge >= 0.3 is 0 Å². The van der Waals surface area contributed by atoms with Crippen molar-refractivity contribution in [2.75, 3.05) is 11.1 Å². The molecule has 0 aliphatic rings. The van der Waals surface area contributed by atoms with E-state index in [0.717, 1.165) is 12.1 Å². The van der Waals surface area contributed by atoms with Crippen LogP contribution in [0.25, 0.3) is 11.1 Å². The lowest BCUT2D eigenvalue weighted by atomic mass is 10.0. The summed E-state index contributed by atoms with van der Waals surface area (Å²) >= 11 is 0. The molecule has 0 saturated heterocycles. The normalized spacial score (nSPS) is 11.9.